The van der Waals surface area contributed by atoms with Gasteiger partial charge in [0.05, 0.1) is 0 Å². The summed E-state index contributed by atoms with van der Waals surface area (Å²) in [4.78, 5) is 0. The summed E-state index contributed by atoms with van der Waals surface area (Å²) in [5, 5.41) is 3.56. The molecule has 13 heavy (non-hydrogen) atoms. The fraction of sp³-hybridized carbons (Fsp3) is 1.00. The Labute approximate surface area is 88.1 Å². The van der Waals surface area contributed by atoms with Gasteiger partial charge in [0, 0.05) is 16.2 Å². The molecule has 0 saturated carbocycles. The van der Waals surface area contributed by atoms with E-state index in [-0.39, 0.29) is 5.54 Å². The highest BCUT2D eigenvalue weighted by Crippen LogP contribution is 2.27. The minimum absolute atomic E-state index is 0.289. The Kier molecular flexibility index (Phi) is 5.38. The Morgan fingerprint density at radius 3 is 1.92 bits per heavy atom. The molecule has 0 aromatic rings. The van der Waals surface area contributed by atoms with Gasteiger partial charge in [-0.2, -0.15) is 0 Å². The van der Waals surface area contributed by atoms with E-state index in [0.29, 0.717) is 4.75 Å². The van der Waals surface area contributed by atoms with Gasteiger partial charge in [0.25, 0.3) is 0 Å². The average Bonchev–Trinajstić information content (AvgIpc) is 2.04. The molecule has 0 unspecified atom stereocenters. The second-order valence-corrected chi connectivity index (χ2v) is 6.50. The van der Waals surface area contributed by atoms with E-state index in [1.807, 2.05) is 11.8 Å². The molecule has 0 atom stereocenters. The lowest BCUT2D eigenvalue weighted by atomic mass is 10.0. The van der Waals surface area contributed by atoms with Crippen LogP contribution in [0, 0.1) is 0 Å². The van der Waals surface area contributed by atoms with E-state index < -0.39 is 0 Å². The Balaban J connectivity index is 3.68. The lowest BCUT2D eigenvalue weighted by molar-refractivity contribution is 0.403. The maximum atomic E-state index is 3.56. The predicted octanol–water partition coefficient (Wildman–Crippen LogP) is 3.64. The molecule has 0 aliphatic carbocycles. The van der Waals surface area contributed by atoms with Crippen molar-refractivity contribution in [1.29, 1.82) is 0 Å². The maximum absolute atomic E-state index is 3.56. The molecule has 0 saturated heterocycles. The first-order valence-corrected chi connectivity index (χ1v) is 6.20. The van der Waals surface area contributed by atoms with E-state index in [2.05, 4.69) is 46.9 Å². The molecule has 0 spiro atoms. The van der Waals surface area contributed by atoms with Crippen molar-refractivity contribution in [2.45, 2.75) is 64.7 Å². The Morgan fingerprint density at radius 1 is 1.00 bits per heavy atom. The van der Waals surface area contributed by atoms with Crippen molar-refractivity contribution in [3.05, 3.63) is 0 Å². The van der Waals surface area contributed by atoms with Gasteiger partial charge >= 0.3 is 0 Å². The monoisotopic (exact) mass is 203 g/mol. The molecule has 80 valence electrons. The SMILES string of the molecule is CCC(C)(C)NCSC(C)(C)CC. The quantitative estimate of drug-likeness (QED) is 0.661. The van der Waals surface area contributed by atoms with Gasteiger partial charge in [0.15, 0.2) is 0 Å². The number of rotatable bonds is 6. The number of hydrogen-bond donors (Lipinski definition) is 1. The fourth-order valence-corrected chi connectivity index (χ4v) is 1.71. The Bertz CT molecular complexity index is 125. The van der Waals surface area contributed by atoms with Crippen molar-refractivity contribution in [3.63, 3.8) is 0 Å². The molecule has 0 aromatic carbocycles. The molecule has 1 N–H and O–H groups in total. The molecule has 2 heteroatoms. The summed E-state index contributed by atoms with van der Waals surface area (Å²) < 4.78 is 0.414. The van der Waals surface area contributed by atoms with E-state index in [1.54, 1.807) is 0 Å². The minimum Gasteiger partial charge on any atom is -0.303 e. The van der Waals surface area contributed by atoms with Crippen molar-refractivity contribution in [1.82, 2.24) is 5.32 Å². The van der Waals surface area contributed by atoms with Crippen LogP contribution in [-0.2, 0) is 0 Å². The van der Waals surface area contributed by atoms with Crippen molar-refractivity contribution in [3.8, 4) is 0 Å². The molecule has 0 radical (unpaired) electrons. The first kappa shape index (κ1) is 13.3. The van der Waals surface area contributed by atoms with Gasteiger partial charge in [-0.3, -0.25) is 0 Å². The first-order valence-electron chi connectivity index (χ1n) is 5.22. The lowest BCUT2D eigenvalue weighted by Gasteiger charge is -2.28. The Hall–Kier alpha value is 0.310. The second-order valence-electron chi connectivity index (χ2n) is 4.82. The van der Waals surface area contributed by atoms with E-state index in [1.165, 1.54) is 12.8 Å². The van der Waals surface area contributed by atoms with Gasteiger partial charge in [-0.05, 0) is 26.7 Å². The van der Waals surface area contributed by atoms with Crippen molar-refractivity contribution in [2.24, 2.45) is 0 Å². The van der Waals surface area contributed by atoms with Crippen molar-refractivity contribution >= 4 is 11.8 Å². The average molecular weight is 203 g/mol. The number of nitrogens with one attached hydrogen (secondary N) is 1. The molecule has 0 heterocycles. The first-order chi connectivity index (χ1) is 5.83. The van der Waals surface area contributed by atoms with Crippen LogP contribution in [0.25, 0.3) is 0 Å². The van der Waals surface area contributed by atoms with Gasteiger partial charge < -0.3 is 5.32 Å². The smallest absolute Gasteiger partial charge is 0.0427 e. The summed E-state index contributed by atoms with van der Waals surface area (Å²) in [6.45, 7) is 13.6. The zero-order valence-electron chi connectivity index (χ0n) is 10.0. The van der Waals surface area contributed by atoms with Crippen LogP contribution >= 0.6 is 11.8 Å². The van der Waals surface area contributed by atoms with E-state index in [4.69, 9.17) is 0 Å². The van der Waals surface area contributed by atoms with E-state index in [9.17, 15) is 0 Å². The van der Waals surface area contributed by atoms with Gasteiger partial charge in [0.1, 0.15) is 0 Å². The third-order valence-electron chi connectivity index (χ3n) is 2.75. The van der Waals surface area contributed by atoms with Crippen LogP contribution in [-0.4, -0.2) is 16.2 Å². The second kappa shape index (κ2) is 5.26. The van der Waals surface area contributed by atoms with E-state index >= 15 is 0 Å². The highest BCUT2D eigenvalue weighted by molar-refractivity contribution is 8.00. The summed E-state index contributed by atoms with van der Waals surface area (Å²) in [7, 11) is 0. The van der Waals surface area contributed by atoms with Crippen LogP contribution in [0.2, 0.25) is 0 Å². The van der Waals surface area contributed by atoms with Crippen LogP contribution in [0.4, 0.5) is 0 Å². The molecule has 0 rings (SSSR count). The van der Waals surface area contributed by atoms with Crippen LogP contribution in [0.1, 0.15) is 54.4 Å². The fourth-order valence-electron chi connectivity index (χ4n) is 0.654. The molecule has 1 nitrogen and oxygen atoms in total. The molecule has 0 aliphatic rings. The molecule has 0 aliphatic heterocycles. The Morgan fingerprint density at radius 2 is 1.54 bits per heavy atom. The number of hydrogen-bond acceptors (Lipinski definition) is 2. The number of thioether (sulfide) groups is 1. The topological polar surface area (TPSA) is 12.0 Å². The van der Waals surface area contributed by atoms with E-state index in [0.717, 1.165) is 5.88 Å². The standard InChI is InChI=1S/C11H25NS/c1-7-10(3,4)12-9-13-11(5,6)8-2/h12H,7-9H2,1-6H3. The van der Waals surface area contributed by atoms with Gasteiger partial charge in [-0.25, -0.2) is 0 Å². The lowest BCUT2D eigenvalue weighted by Crippen LogP contribution is -2.39. The van der Waals surface area contributed by atoms with Gasteiger partial charge in [-0.1, -0.05) is 27.7 Å². The minimum atomic E-state index is 0.289. The highest BCUT2D eigenvalue weighted by Gasteiger charge is 2.18. The molecule has 0 fully saturated rings. The summed E-state index contributed by atoms with van der Waals surface area (Å²) >= 11 is 2.01. The molecular weight excluding hydrogens is 178 g/mol. The maximum Gasteiger partial charge on any atom is 0.0427 e. The molecule has 0 bridgehead atoms. The van der Waals surface area contributed by atoms with Crippen molar-refractivity contribution < 1.29 is 0 Å². The predicted molar refractivity (Wildman–Crippen MR) is 64.3 cm³/mol. The summed E-state index contributed by atoms with van der Waals surface area (Å²) in [5.41, 5.74) is 0.289. The zero-order valence-corrected chi connectivity index (χ0v) is 10.8. The summed E-state index contributed by atoms with van der Waals surface area (Å²) in [6.07, 6.45) is 2.41. The highest BCUT2D eigenvalue weighted by atomic mass is 32.2. The van der Waals surface area contributed by atoms with Crippen LogP contribution < -0.4 is 5.32 Å². The third-order valence-corrected chi connectivity index (χ3v) is 4.11. The zero-order chi connectivity index (χ0) is 10.5. The normalized spacial score (nSPS) is 13.4. The summed E-state index contributed by atoms with van der Waals surface area (Å²) in [6, 6.07) is 0. The largest absolute Gasteiger partial charge is 0.303 e. The van der Waals surface area contributed by atoms with Gasteiger partial charge in [-0.15, -0.1) is 11.8 Å². The van der Waals surface area contributed by atoms with Crippen molar-refractivity contribution in [2.75, 3.05) is 5.88 Å². The molecule has 0 aromatic heterocycles. The van der Waals surface area contributed by atoms with Crippen LogP contribution in [0.5, 0.6) is 0 Å². The van der Waals surface area contributed by atoms with Crippen LogP contribution in [0.3, 0.4) is 0 Å². The third kappa shape index (κ3) is 6.39. The summed E-state index contributed by atoms with van der Waals surface area (Å²) in [5.74, 6) is 1.06. The molecule has 0 amide bonds. The van der Waals surface area contributed by atoms with Gasteiger partial charge in [0.2, 0.25) is 0 Å². The van der Waals surface area contributed by atoms with Crippen LogP contribution in [0.15, 0.2) is 0 Å². The molecular formula is C11H25NS.